The summed E-state index contributed by atoms with van der Waals surface area (Å²) in [5.74, 6) is -4.12. The quantitative estimate of drug-likeness (QED) is 0.148. The zero-order valence-electron chi connectivity index (χ0n) is 33.4. The van der Waals surface area contributed by atoms with Crippen LogP contribution in [0.5, 0.6) is 0 Å². The highest BCUT2D eigenvalue weighted by Crippen LogP contribution is 2.31. The number of carbonyl (C=O) groups excluding carboxylic acids is 4. The van der Waals surface area contributed by atoms with E-state index < -0.39 is 72.3 Å². The number of nitrogens with one attached hydrogen (secondary N) is 3. The molecule has 4 amide bonds. The lowest BCUT2D eigenvalue weighted by Gasteiger charge is -2.41. The molecule has 1 heterocycles. The summed E-state index contributed by atoms with van der Waals surface area (Å²) in [4.78, 5) is 69.8. The number of ether oxygens (including phenoxy) is 2. The Kier molecular flexibility index (Phi) is 18.3. The Morgan fingerprint density at radius 1 is 0.943 bits per heavy atom. The molecule has 1 aliphatic rings. The average Bonchev–Trinajstić information content (AvgIpc) is 3.50. The Morgan fingerprint density at radius 2 is 1.55 bits per heavy atom. The van der Waals surface area contributed by atoms with Crippen LogP contribution < -0.4 is 16.0 Å². The van der Waals surface area contributed by atoms with Gasteiger partial charge in [0.1, 0.15) is 18.3 Å². The Hall–Kier alpha value is -3.62. The Labute approximate surface area is 315 Å². The van der Waals surface area contributed by atoms with Gasteiger partial charge in [-0.15, -0.1) is 0 Å². The van der Waals surface area contributed by atoms with E-state index >= 15 is 4.39 Å². The van der Waals surface area contributed by atoms with E-state index in [4.69, 9.17) is 9.47 Å². The molecule has 300 valence electrons. The zero-order valence-corrected chi connectivity index (χ0v) is 33.4. The molecular formula is C39H64FN5O8. The number of carboxylic acids is 1. The van der Waals surface area contributed by atoms with Crippen molar-refractivity contribution < 1.29 is 42.9 Å². The monoisotopic (exact) mass is 749 g/mol. The van der Waals surface area contributed by atoms with Crippen molar-refractivity contribution in [2.75, 3.05) is 34.9 Å². The van der Waals surface area contributed by atoms with E-state index in [1.54, 1.807) is 50.2 Å². The predicted molar refractivity (Wildman–Crippen MR) is 201 cm³/mol. The lowest BCUT2D eigenvalue weighted by Crippen LogP contribution is -2.59. The van der Waals surface area contributed by atoms with Crippen molar-refractivity contribution in [1.29, 1.82) is 0 Å². The number of benzene rings is 1. The molecule has 0 saturated carbocycles. The fourth-order valence-corrected chi connectivity index (χ4v) is 7.37. The van der Waals surface area contributed by atoms with Gasteiger partial charge in [-0.05, 0) is 30.4 Å². The number of hydrogen-bond donors (Lipinski definition) is 4. The van der Waals surface area contributed by atoms with Gasteiger partial charge in [0.2, 0.25) is 23.6 Å². The van der Waals surface area contributed by atoms with E-state index in [0.717, 1.165) is 5.56 Å². The second-order valence-corrected chi connectivity index (χ2v) is 15.1. The van der Waals surface area contributed by atoms with Gasteiger partial charge in [0, 0.05) is 34.1 Å². The van der Waals surface area contributed by atoms with E-state index in [9.17, 15) is 29.1 Å². The number of methoxy groups -OCH3 is 2. The average molecular weight is 750 g/mol. The van der Waals surface area contributed by atoms with Crippen molar-refractivity contribution in [3.63, 3.8) is 0 Å². The van der Waals surface area contributed by atoms with Crippen molar-refractivity contribution in [1.82, 2.24) is 25.8 Å². The topological polar surface area (TPSA) is 167 Å². The summed E-state index contributed by atoms with van der Waals surface area (Å²) in [6.45, 7) is 12.8. The number of aliphatic carboxylic acids is 1. The number of amides is 4. The van der Waals surface area contributed by atoms with Gasteiger partial charge in [-0.3, -0.25) is 19.2 Å². The molecule has 0 aromatic heterocycles. The van der Waals surface area contributed by atoms with Gasteiger partial charge in [-0.2, -0.15) is 0 Å². The third-order valence-corrected chi connectivity index (χ3v) is 10.6. The fraction of sp³-hybridized carbons (Fsp3) is 0.718. The van der Waals surface area contributed by atoms with Crippen LogP contribution in [0.1, 0.15) is 73.3 Å². The number of halogens is 1. The summed E-state index contributed by atoms with van der Waals surface area (Å²) in [5, 5.41) is 18.4. The van der Waals surface area contributed by atoms with Gasteiger partial charge in [0.15, 0.2) is 0 Å². The van der Waals surface area contributed by atoms with Crippen LogP contribution in [0.2, 0.25) is 0 Å². The van der Waals surface area contributed by atoms with Crippen molar-refractivity contribution in [2.24, 2.45) is 23.7 Å². The number of rotatable bonds is 21. The molecule has 1 aliphatic heterocycles. The maximum Gasteiger partial charge on any atom is 0.326 e. The highest BCUT2D eigenvalue weighted by atomic mass is 19.1. The van der Waals surface area contributed by atoms with Crippen LogP contribution in [0.25, 0.3) is 0 Å². The summed E-state index contributed by atoms with van der Waals surface area (Å²) < 4.78 is 26.8. The van der Waals surface area contributed by atoms with Gasteiger partial charge < -0.3 is 40.3 Å². The first-order valence-electron chi connectivity index (χ1n) is 18.7. The number of carbonyl (C=O) groups is 5. The second-order valence-electron chi connectivity index (χ2n) is 15.1. The molecule has 14 heteroatoms. The number of likely N-dealkylation sites (N-methyl/N-ethyl adjacent to an activating group) is 2. The number of nitrogens with zero attached hydrogens (tertiary/aromatic N) is 2. The van der Waals surface area contributed by atoms with Crippen molar-refractivity contribution in [3.8, 4) is 0 Å². The van der Waals surface area contributed by atoms with Crippen molar-refractivity contribution >= 4 is 29.6 Å². The molecule has 2 rings (SSSR count). The van der Waals surface area contributed by atoms with Crippen molar-refractivity contribution in [3.05, 3.63) is 35.9 Å². The highest BCUT2D eigenvalue weighted by Gasteiger charge is 2.46. The fourth-order valence-electron chi connectivity index (χ4n) is 7.37. The first-order chi connectivity index (χ1) is 24.9. The van der Waals surface area contributed by atoms with Crippen LogP contribution in [0.15, 0.2) is 30.3 Å². The van der Waals surface area contributed by atoms with E-state index in [-0.39, 0.29) is 55.4 Å². The smallest absolute Gasteiger partial charge is 0.326 e. The van der Waals surface area contributed by atoms with Crippen LogP contribution in [-0.4, -0.2) is 128 Å². The lowest BCUT2D eigenvalue weighted by atomic mass is 9.89. The third-order valence-electron chi connectivity index (χ3n) is 10.6. The molecule has 13 nitrogen and oxygen atoms in total. The second kappa shape index (κ2) is 21.3. The zero-order chi connectivity index (χ0) is 40.2. The molecule has 1 fully saturated rings. The molecule has 10 atom stereocenters. The Balaban J connectivity index is 2.31. The first kappa shape index (κ1) is 45.5. The minimum Gasteiger partial charge on any atom is -0.480 e. The summed E-state index contributed by atoms with van der Waals surface area (Å²) in [5.41, 5.74) is 0.734. The molecular weight excluding hydrogens is 685 g/mol. The standard InChI is InChI=1S/C39H64FN5O8/c1-12-24(6)34(44(9)38(49)33(23(4)5)43-37(48)32(41-8)22(2)3)30(52-10)20-31(46)45-21-27(40)19-29(45)35(53-11)25(7)36(47)42-28(39(50)51)18-26-16-14-13-15-17-26/h13-17,22-25,27-30,32-35,41H,12,18-21H2,1-11H3,(H,42,47)(H,43,48)(H,50,51)/t24-,25+,27-,28?,29-,30?,32?,33-,34?,35+/m0/s1. The maximum atomic E-state index is 15.1. The third kappa shape index (κ3) is 12.2. The summed E-state index contributed by atoms with van der Waals surface area (Å²) in [7, 11) is 6.19. The van der Waals surface area contributed by atoms with Gasteiger partial charge in [-0.1, -0.05) is 85.2 Å². The predicted octanol–water partition coefficient (Wildman–Crippen LogP) is 3.05. The minimum atomic E-state index is -1.37. The number of likely N-dealkylation sites (tertiary alicyclic amines) is 1. The van der Waals surface area contributed by atoms with Gasteiger partial charge >= 0.3 is 5.97 Å². The summed E-state index contributed by atoms with van der Waals surface area (Å²) in [6.07, 6.45) is -2.63. The van der Waals surface area contributed by atoms with E-state index in [1.165, 1.54) is 19.1 Å². The molecule has 0 bridgehead atoms. The van der Waals surface area contributed by atoms with Crippen LogP contribution in [0.3, 0.4) is 0 Å². The Bertz CT molecular complexity index is 1350. The molecule has 0 spiro atoms. The maximum absolute atomic E-state index is 15.1. The molecule has 4 N–H and O–H groups in total. The summed E-state index contributed by atoms with van der Waals surface area (Å²) >= 11 is 0. The number of alkyl halides is 1. The van der Waals surface area contributed by atoms with Crippen molar-refractivity contribution in [2.45, 2.75) is 123 Å². The Morgan fingerprint density at radius 3 is 2.04 bits per heavy atom. The van der Waals surface area contributed by atoms with Gasteiger partial charge in [0.25, 0.3) is 0 Å². The molecule has 1 aromatic rings. The summed E-state index contributed by atoms with van der Waals surface area (Å²) in [6, 6.07) is 4.99. The van der Waals surface area contributed by atoms with Crippen LogP contribution >= 0.6 is 0 Å². The molecule has 1 aromatic carbocycles. The molecule has 0 aliphatic carbocycles. The normalized spacial score (nSPS) is 20.5. The minimum absolute atomic E-state index is 0.00732. The number of hydrogen-bond acceptors (Lipinski definition) is 8. The largest absolute Gasteiger partial charge is 0.480 e. The van der Waals surface area contributed by atoms with E-state index in [2.05, 4.69) is 16.0 Å². The van der Waals surface area contributed by atoms with E-state index in [0.29, 0.717) is 6.42 Å². The lowest BCUT2D eigenvalue weighted by molar-refractivity contribution is -0.148. The molecule has 1 saturated heterocycles. The first-order valence-corrected chi connectivity index (χ1v) is 18.7. The van der Waals surface area contributed by atoms with Crippen LogP contribution in [-0.2, 0) is 39.9 Å². The van der Waals surface area contributed by atoms with Gasteiger partial charge in [-0.25, -0.2) is 9.18 Å². The number of carboxylic acid groups (broad SMARTS) is 1. The van der Waals surface area contributed by atoms with Gasteiger partial charge in [0.05, 0.1) is 49.2 Å². The molecule has 4 unspecified atom stereocenters. The van der Waals surface area contributed by atoms with Crippen LogP contribution in [0, 0.1) is 23.7 Å². The molecule has 53 heavy (non-hydrogen) atoms. The SMILES string of the molecule is CC[C@H](C)C(C(CC(=O)N1C[C@@H](F)C[C@H]1[C@H](OC)[C@@H](C)C(=O)NC(Cc1ccccc1)C(=O)O)OC)N(C)C(=O)[C@@H](NC(=O)C(NC)C(C)C)C(C)C. The molecule has 0 radical (unpaired) electrons. The van der Waals surface area contributed by atoms with E-state index in [1.807, 2.05) is 47.6 Å². The highest BCUT2D eigenvalue weighted by molar-refractivity contribution is 5.90. The van der Waals surface area contributed by atoms with Crippen LogP contribution in [0.4, 0.5) is 4.39 Å².